The second-order valence-electron chi connectivity index (χ2n) is 6.00. The van der Waals surface area contributed by atoms with Gasteiger partial charge in [0.25, 0.3) is 0 Å². The summed E-state index contributed by atoms with van der Waals surface area (Å²) in [5.41, 5.74) is 0. The maximum atomic E-state index is 9.77. The zero-order chi connectivity index (χ0) is 16.2. The Bertz CT molecular complexity index is 295. The molecule has 0 unspecified atom stereocenters. The maximum Gasteiger partial charge on any atom is 0.154 e. The van der Waals surface area contributed by atoms with Crippen LogP contribution in [0.2, 0.25) is 0 Å². The third-order valence-corrected chi connectivity index (χ3v) is 4.04. The van der Waals surface area contributed by atoms with Gasteiger partial charge in [0.2, 0.25) is 0 Å². The number of ether oxygens (including phenoxy) is 2. The van der Waals surface area contributed by atoms with Crippen LogP contribution < -0.4 is 0 Å². The third kappa shape index (κ3) is 7.09. The molecule has 0 amide bonds. The molecule has 0 aromatic carbocycles. The molecule has 1 saturated heterocycles. The molecule has 0 aromatic rings. The normalized spacial score (nSPS) is 26.6. The van der Waals surface area contributed by atoms with E-state index in [0.717, 1.165) is 12.8 Å². The number of rotatable bonds is 12. The molecule has 1 aliphatic heterocycles. The molecule has 0 bridgehead atoms. The van der Waals surface area contributed by atoms with Gasteiger partial charge in [-0.1, -0.05) is 45.4 Å². The first-order chi connectivity index (χ1) is 10.7. The van der Waals surface area contributed by atoms with E-state index in [1.165, 1.54) is 38.5 Å². The topological polar surface area (TPSA) is 79.2 Å². The van der Waals surface area contributed by atoms with E-state index in [0.29, 0.717) is 0 Å². The minimum Gasteiger partial charge on any atom is -0.493 e. The average molecular weight is 316 g/mol. The van der Waals surface area contributed by atoms with E-state index < -0.39 is 31.0 Å². The molecule has 0 radical (unpaired) electrons. The Morgan fingerprint density at radius 2 is 1.86 bits per heavy atom. The Kier molecular flexibility index (Phi) is 10.5. The Balaban J connectivity index is 2.11. The summed E-state index contributed by atoms with van der Waals surface area (Å²) in [5.74, 6) is 0. The number of hydrogen-bond acceptors (Lipinski definition) is 5. The SMILES string of the molecule is CCCCCCCCC/C=C/O[C@@H]1[C@H]([C@H](O)CO)OC[C@@H]1O. The van der Waals surface area contributed by atoms with E-state index in [-0.39, 0.29) is 6.61 Å². The van der Waals surface area contributed by atoms with Crippen LogP contribution in [0.1, 0.15) is 58.3 Å². The highest BCUT2D eigenvalue weighted by atomic mass is 16.6. The molecule has 0 saturated carbocycles. The summed E-state index contributed by atoms with van der Waals surface area (Å²) in [6.45, 7) is 1.94. The first-order valence-corrected chi connectivity index (χ1v) is 8.59. The molecule has 0 aromatic heterocycles. The van der Waals surface area contributed by atoms with Gasteiger partial charge in [-0.3, -0.25) is 0 Å². The van der Waals surface area contributed by atoms with Crippen molar-refractivity contribution in [3.63, 3.8) is 0 Å². The van der Waals surface area contributed by atoms with E-state index in [4.69, 9.17) is 14.6 Å². The molecule has 5 nitrogen and oxygen atoms in total. The number of aliphatic hydroxyl groups excluding tert-OH is 3. The van der Waals surface area contributed by atoms with E-state index in [9.17, 15) is 10.2 Å². The first-order valence-electron chi connectivity index (χ1n) is 8.59. The van der Waals surface area contributed by atoms with Crippen molar-refractivity contribution in [2.75, 3.05) is 13.2 Å². The Hall–Kier alpha value is -0.620. The minimum atomic E-state index is -1.03. The van der Waals surface area contributed by atoms with E-state index >= 15 is 0 Å². The molecule has 4 atom stereocenters. The van der Waals surface area contributed by atoms with Gasteiger partial charge in [-0.25, -0.2) is 0 Å². The lowest BCUT2D eigenvalue weighted by molar-refractivity contribution is -0.0721. The van der Waals surface area contributed by atoms with Crippen LogP contribution in [0.25, 0.3) is 0 Å². The van der Waals surface area contributed by atoms with Gasteiger partial charge in [-0.15, -0.1) is 0 Å². The van der Waals surface area contributed by atoms with Crippen LogP contribution in [0, 0.1) is 0 Å². The van der Waals surface area contributed by atoms with Gasteiger partial charge >= 0.3 is 0 Å². The minimum absolute atomic E-state index is 0.123. The number of hydrogen-bond donors (Lipinski definition) is 3. The quantitative estimate of drug-likeness (QED) is 0.380. The summed E-state index contributed by atoms with van der Waals surface area (Å²) in [5, 5.41) is 28.3. The van der Waals surface area contributed by atoms with Gasteiger partial charge in [0.1, 0.15) is 18.3 Å². The van der Waals surface area contributed by atoms with Crippen LogP contribution in [0.5, 0.6) is 0 Å². The number of unbranched alkanes of at least 4 members (excludes halogenated alkanes) is 7. The summed E-state index contributed by atoms with van der Waals surface area (Å²) >= 11 is 0. The van der Waals surface area contributed by atoms with Gasteiger partial charge in [-0.2, -0.15) is 0 Å². The Labute approximate surface area is 133 Å². The van der Waals surface area contributed by atoms with Gasteiger partial charge in [0.15, 0.2) is 6.10 Å². The summed E-state index contributed by atoms with van der Waals surface area (Å²) in [6, 6.07) is 0. The van der Waals surface area contributed by atoms with Gasteiger partial charge in [0, 0.05) is 0 Å². The van der Waals surface area contributed by atoms with Crippen LogP contribution in [-0.2, 0) is 9.47 Å². The van der Waals surface area contributed by atoms with Crippen molar-refractivity contribution in [2.24, 2.45) is 0 Å². The zero-order valence-corrected chi connectivity index (χ0v) is 13.7. The molecule has 1 fully saturated rings. The Morgan fingerprint density at radius 1 is 1.18 bits per heavy atom. The highest BCUT2D eigenvalue weighted by molar-refractivity contribution is 4.91. The molecular formula is C17H32O5. The summed E-state index contributed by atoms with van der Waals surface area (Å²) < 4.78 is 10.7. The lowest BCUT2D eigenvalue weighted by atomic mass is 10.1. The van der Waals surface area contributed by atoms with E-state index in [1.54, 1.807) is 6.26 Å². The fourth-order valence-electron chi connectivity index (χ4n) is 2.65. The second kappa shape index (κ2) is 11.9. The van der Waals surface area contributed by atoms with E-state index in [1.807, 2.05) is 6.08 Å². The molecule has 1 rings (SSSR count). The lowest BCUT2D eigenvalue weighted by Crippen LogP contribution is -2.41. The smallest absolute Gasteiger partial charge is 0.154 e. The number of allylic oxidation sites excluding steroid dienone is 1. The van der Waals surface area contributed by atoms with Crippen molar-refractivity contribution < 1.29 is 24.8 Å². The molecule has 1 aliphatic rings. The van der Waals surface area contributed by atoms with Crippen molar-refractivity contribution in [1.29, 1.82) is 0 Å². The molecule has 0 spiro atoms. The van der Waals surface area contributed by atoms with Crippen LogP contribution in [0.4, 0.5) is 0 Å². The van der Waals surface area contributed by atoms with Crippen LogP contribution >= 0.6 is 0 Å². The molecule has 1 heterocycles. The zero-order valence-electron chi connectivity index (χ0n) is 13.7. The Morgan fingerprint density at radius 3 is 2.55 bits per heavy atom. The molecule has 5 heteroatoms. The molecular weight excluding hydrogens is 284 g/mol. The highest BCUT2D eigenvalue weighted by Crippen LogP contribution is 2.21. The summed E-state index contributed by atoms with van der Waals surface area (Å²) in [6.07, 6.45) is 10.3. The van der Waals surface area contributed by atoms with Crippen LogP contribution in [0.15, 0.2) is 12.3 Å². The maximum absolute atomic E-state index is 9.77. The first kappa shape index (κ1) is 19.4. The van der Waals surface area contributed by atoms with Crippen molar-refractivity contribution in [3.8, 4) is 0 Å². The van der Waals surface area contributed by atoms with Crippen LogP contribution in [0.3, 0.4) is 0 Å². The van der Waals surface area contributed by atoms with Crippen molar-refractivity contribution in [1.82, 2.24) is 0 Å². The fourth-order valence-corrected chi connectivity index (χ4v) is 2.65. The monoisotopic (exact) mass is 316 g/mol. The van der Waals surface area contributed by atoms with Crippen molar-refractivity contribution >= 4 is 0 Å². The molecule has 0 aliphatic carbocycles. The second-order valence-corrected chi connectivity index (χ2v) is 6.00. The van der Waals surface area contributed by atoms with Gasteiger partial charge in [-0.05, 0) is 18.9 Å². The predicted octanol–water partition coefficient (Wildman–Crippen LogP) is 2.14. The highest BCUT2D eigenvalue weighted by Gasteiger charge is 2.41. The van der Waals surface area contributed by atoms with Crippen LogP contribution in [-0.4, -0.2) is 52.9 Å². The lowest BCUT2D eigenvalue weighted by Gasteiger charge is -2.22. The summed E-state index contributed by atoms with van der Waals surface area (Å²) in [7, 11) is 0. The van der Waals surface area contributed by atoms with Crippen molar-refractivity contribution in [2.45, 2.75) is 82.7 Å². The molecule has 22 heavy (non-hydrogen) atoms. The van der Waals surface area contributed by atoms with E-state index in [2.05, 4.69) is 6.92 Å². The van der Waals surface area contributed by atoms with Gasteiger partial charge < -0.3 is 24.8 Å². The number of aliphatic hydroxyl groups is 3. The third-order valence-electron chi connectivity index (χ3n) is 4.04. The molecule has 3 N–H and O–H groups in total. The largest absolute Gasteiger partial charge is 0.493 e. The fraction of sp³-hybridized carbons (Fsp3) is 0.882. The molecule has 130 valence electrons. The summed E-state index contributed by atoms with van der Waals surface area (Å²) in [4.78, 5) is 0. The van der Waals surface area contributed by atoms with Gasteiger partial charge in [0.05, 0.1) is 19.5 Å². The van der Waals surface area contributed by atoms with Crippen molar-refractivity contribution in [3.05, 3.63) is 12.3 Å². The standard InChI is InChI=1S/C17H32O5/c1-2-3-4-5-6-7-8-9-10-11-21-17-15(20)13-22-16(17)14(19)12-18/h10-11,14-20H,2-9,12-13H2,1H3/b11-10+/t14-,15+,16+,17+/m1/s1. The average Bonchev–Trinajstić information content (AvgIpc) is 2.89. The predicted molar refractivity (Wildman–Crippen MR) is 85.5 cm³/mol.